The number of benzene rings is 1. The Morgan fingerprint density at radius 2 is 1.67 bits per heavy atom. The molecule has 0 aliphatic heterocycles. The highest BCUT2D eigenvalue weighted by Crippen LogP contribution is 2.34. The van der Waals surface area contributed by atoms with E-state index in [0.717, 1.165) is 18.9 Å². The average molecular weight is 291 g/mol. The lowest BCUT2D eigenvalue weighted by Gasteiger charge is -2.31. The van der Waals surface area contributed by atoms with Gasteiger partial charge < -0.3 is 10.4 Å². The average Bonchev–Trinajstić information content (AvgIpc) is 2.47. The second kappa shape index (κ2) is 9.56. The Kier molecular flexibility index (Phi) is 8.06. The van der Waals surface area contributed by atoms with E-state index in [4.69, 9.17) is 5.11 Å². The van der Waals surface area contributed by atoms with Gasteiger partial charge in [0, 0.05) is 20.1 Å². The molecule has 1 saturated carbocycles. The highest BCUT2D eigenvalue weighted by Gasteiger charge is 2.25. The van der Waals surface area contributed by atoms with Crippen molar-refractivity contribution in [2.75, 3.05) is 7.11 Å². The van der Waals surface area contributed by atoms with E-state index >= 15 is 0 Å². The fraction of sp³-hybridized carbons (Fsp3) is 0.611. The van der Waals surface area contributed by atoms with Crippen molar-refractivity contribution in [2.24, 2.45) is 17.8 Å². The Morgan fingerprint density at radius 3 is 2.24 bits per heavy atom. The first kappa shape index (κ1) is 17.7. The molecule has 0 heterocycles. The molecule has 0 aromatic heterocycles. The van der Waals surface area contributed by atoms with Crippen molar-refractivity contribution in [3.05, 3.63) is 35.9 Å². The normalized spacial score (nSPS) is 24.7. The van der Waals surface area contributed by atoms with Gasteiger partial charge in [0.25, 0.3) is 0 Å². The van der Waals surface area contributed by atoms with Crippen LogP contribution in [0.1, 0.15) is 45.1 Å². The molecular weight excluding hydrogens is 262 g/mol. The molecule has 1 aromatic rings. The Labute approximate surface area is 128 Å². The van der Waals surface area contributed by atoms with Gasteiger partial charge in [0.15, 0.2) is 0 Å². The van der Waals surface area contributed by atoms with E-state index in [2.05, 4.69) is 19.2 Å². The van der Waals surface area contributed by atoms with Crippen molar-refractivity contribution in [3.63, 3.8) is 0 Å². The molecule has 2 N–H and O–H groups in total. The number of rotatable bonds is 4. The first-order chi connectivity index (χ1) is 10.1. The van der Waals surface area contributed by atoms with Gasteiger partial charge in [-0.1, -0.05) is 44.2 Å². The molecule has 1 aliphatic carbocycles. The molecule has 0 bridgehead atoms. The molecule has 1 aromatic carbocycles. The fourth-order valence-electron chi connectivity index (χ4n) is 3.41. The van der Waals surface area contributed by atoms with Crippen LogP contribution in [0.5, 0.6) is 0 Å². The highest BCUT2D eigenvalue weighted by atomic mass is 16.2. The van der Waals surface area contributed by atoms with Crippen LogP contribution in [0.4, 0.5) is 0 Å². The van der Waals surface area contributed by atoms with Crippen molar-refractivity contribution < 1.29 is 9.90 Å². The monoisotopic (exact) mass is 291 g/mol. The number of hydrogen-bond acceptors (Lipinski definition) is 2. The predicted octanol–water partition coefficient (Wildman–Crippen LogP) is 3.37. The second-order valence-corrected chi connectivity index (χ2v) is 6.25. The van der Waals surface area contributed by atoms with Crippen LogP contribution in [0.25, 0.3) is 0 Å². The maximum absolute atomic E-state index is 12.0. The van der Waals surface area contributed by atoms with Gasteiger partial charge in [0.2, 0.25) is 5.91 Å². The number of nitrogens with one attached hydrogen (secondary N) is 1. The summed E-state index contributed by atoms with van der Waals surface area (Å²) in [6.07, 6.45) is 4.44. The van der Waals surface area contributed by atoms with Crippen LogP contribution in [-0.4, -0.2) is 18.1 Å². The zero-order chi connectivity index (χ0) is 15.7. The standard InChI is InChI=1S/C17H25NO.CH4O/c1-13-8-14(2)10-16(9-13)11-17(19)18-12-15-6-4-3-5-7-15;1-2/h3-7,13-14,16H,8-12H2,1-2H3,(H,18,19);2H,1H3/t13-,14+,16?;. The molecule has 3 atom stereocenters. The van der Waals surface area contributed by atoms with E-state index in [1.54, 1.807) is 0 Å². The fourth-order valence-corrected chi connectivity index (χ4v) is 3.41. The molecule has 118 valence electrons. The van der Waals surface area contributed by atoms with Crippen LogP contribution < -0.4 is 5.32 Å². The summed E-state index contributed by atoms with van der Waals surface area (Å²) in [6.45, 7) is 5.27. The maximum atomic E-state index is 12.0. The van der Waals surface area contributed by atoms with Gasteiger partial charge >= 0.3 is 0 Å². The molecule has 0 saturated heterocycles. The molecule has 1 amide bonds. The van der Waals surface area contributed by atoms with E-state index in [-0.39, 0.29) is 5.91 Å². The molecule has 0 radical (unpaired) electrons. The summed E-state index contributed by atoms with van der Waals surface area (Å²) in [4.78, 5) is 12.0. The molecule has 3 nitrogen and oxygen atoms in total. The second-order valence-electron chi connectivity index (χ2n) is 6.25. The van der Waals surface area contributed by atoms with E-state index < -0.39 is 0 Å². The highest BCUT2D eigenvalue weighted by molar-refractivity contribution is 5.76. The van der Waals surface area contributed by atoms with Crippen molar-refractivity contribution in [3.8, 4) is 0 Å². The van der Waals surface area contributed by atoms with E-state index in [0.29, 0.717) is 18.9 Å². The smallest absolute Gasteiger partial charge is 0.220 e. The van der Waals surface area contributed by atoms with Gasteiger partial charge in [0.05, 0.1) is 0 Å². The Balaban J connectivity index is 0.00000106. The molecule has 21 heavy (non-hydrogen) atoms. The lowest BCUT2D eigenvalue weighted by atomic mass is 9.75. The third kappa shape index (κ3) is 6.76. The van der Waals surface area contributed by atoms with E-state index in [9.17, 15) is 4.79 Å². The molecule has 2 rings (SSSR count). The van der Waals surface area contributed by atoms with Crippen LogP contribution in [-0.2, 0) is 11.3 Å². The topological polar surface area (TPSA) is 49.3 Å². The summed E-state index contributed by atoms with van der Waals surface area (Å²) in [5.74, 6) is 2.33. The van der Waals surface area contributed by atoms with Crippen molar-refractivity contribution in [1.82, 2.24) is 5.32 Å². The molecular formula is C18H29NO2. The molecule has 1 aliphatic rings. The van der Waals surface area contributed by atoms with Crippen LogP contribution in [0.3, 0.4) is 0 Å². The van der Waals surface area contributed by atoms with E-state index in [1.807, 2.05) is 30.3 Å². The van der Waals surface area contributed by atoms with Crippen LogP contribution in [0.15, 0.2) is 30.3 Å². The molecule has 3 heteroatoms. The molecule has 1 unspecified atom stereocenters. The summed E-state index contributed by atoms with van der Waals surface area (Å²) in [6, 6.07) is 10.1. The summed E-state index contributed by atoms with van der Waals surface area (Å²) in [5, 5.41) is 10.0. The van der Waals surface area contributed by atoms with Crippen molar-refractivity contribution >= 4 is 5.91 Å². The quantitative estimate of drug-likeness (QED) is 0.893. The zero-order valence-corrected chi connectivity index (χ0v) is 13.5. The summed E-state index contributed by atoms with van der Waals surface area (Å²) in [5.41, 5.74) is 1.17. The Morgan fingerprint density at radius 1 is 1.10 bits per heavy atom. The van der Waals surface area contributed by atoms with Gasteiger partial charge in [-0.15, -0.1) is 0 Å². The van der Waals surface area contributed by atoms with Crippen molar-refractivity contribution in [1.29, 1.82) is 0 Å². The summed E-state index contributed by atoms with van der Waals surface area (Å²) >= 11 is 0. The summed E-state index contributed by atoms with van der Waals surface area (Å²) < 4.78 is 0. The van der Waals surface area contributed by atoms with Crippen molar-refractivity contribution in [2.45, 2.75) is 46.1 Å². The van der Waals surface area contributed by atoms with Gasteiger partial charge in [-0.3, -0.25) is 4.79 Å². The zero-order valence-electron chi connectivity index (χ0n) is 13.5. The SMILES string of the molecule is CO.C[C@@H]1CC(CC(=O)NCc2ccccc2)C[C@H](C)C1. The number of amides is 1. The van der Waals surface area contributed by atoms with Crippen LogP contribution in [0, 0.1) is 17.8 Å². The molecule has 0 spiro atoms. The van der Waals surface area contributed by atoms with Crippen LogP contribution >= 0.6 is 0 Å². The minimum Gasteiger partial charge on any atom is -0.400 e. The number of hydrogen-bond donors (Lipinski definition) is 2. The van der Waals surface area contributed by atoms with Gasteiger partial charge in [0.1, 0.15) is 0 Å². The Hall–Kier alpha value is -1.35. The van der Waals surface area contributed by atoms with Crippen LogP contribution in [0.2, 0.25) is 0 Å². The van der Waals surface area contributed by atoms with Gasteiger partial charge in [-0.2, -0.15) is 0 Å². The predicted molar refractivity (Wildman–Crippen MR) is 86.7 cm³/mol. The summed E-state index contributed by atoms with van der Waals surface area (Å²) in [7, 11) is 1.00. The number of carbonyl (C=O) groups excluding carboxylic acids is 1. The third-order valence-electron chi connectivity index (χ3n) is 4.08. The lowest BCUT2D eigenvalue weighted by molar-refractivity contribution is -0.122. The maximum Gasteiger partial charge on any atom is 0.220 e. The minimum atomic E-state index is 0.204. The van der Waals surface area contributed by atoms with Gasteiger partial charge in [-0.05, 0) is 42.6 Å². The minimum absolute atomic E-state index is 0.204. The first-order valence-corrected chi connectivity index (χ1v) is 7.89. The number of aliphatic hydroxyl groups excluding tert-OH is 1. The van der Waals surface area contributed by atoms with Gasteiger partial charge in [-0.25, -0.2) is 0 Å². The lowest BCUT2D eigenvalue weighted by Crippen LogP contribution is -2.28. The largest absolute Gasteiger partial charge is 0.400 e. The first-order valence-electron chi connectivity index (χ1n) is 7.89. The third-order valence-corrected chi connectivity index (χ3v) is 4.08. The molecule has 1 fully saturated rings. The number of carbonyl (C=O) groups is 1. The Bertz CT molecular complexity index is 395. The van der Waals surface area contributed by atoms with E-state index in [1.165, 1.54) is 24.8 Å². The number of aliphatic hydroxyl groups is 1.